The van der Waals surface area contributed by atoms with Crippen molar-refractivity contribution in [2.75, 3.05) is 13.2 Å². The van der Waals surface area contributed by atoms with Crippen LogP contribution in [0.2, 0.25) is 0 Å². The summed E-state index contributed by atoms with van der Waals surface area (Å²) < 4.78 is 10.1. The maximum Gasteiger partial charge on any atom is 0.323 e. The van der Waals surface area contributed by atoms with Gasteiger partial charge in [0.1, 0.15) is 0 Å². The van der Waals surface area contributed by atoms with Gasteiger partial charge in [-0.25, -0.2) is 0 Å². The number of carbonyl (C=O) groups is 2. The van der Waals surface area contributed by atoms with E-state index < -0.39 is 17.4 Å². The summed E-state index contributed by atoms with van der Waals surface area (Å²) in [5, 5.41) is 0.522. The Bertz CT molecular complexity index is 331. The second-order valence-corrected chi connectivity index (χ2v) is 4.73. The van der Waals surface area contributed by atoms with Crippen LogP contribution >= 0.6 is 11.6 Å². The minimum absolute atomic E-state index is 0.173. The molecule has 0 aliphatic heterocycles. The Labute approximate surface area is 112 Å². The van der Waals surface area contributed by atoms with Crippen molar-refractivity contribution in [1.29, 1.82) is 0 Å². The number of hydrogen-bond donors (Lipinski definition) is 0. The SMILES string of the molecule is CCOC(=O)C1(C(=O)OCC)CCCC=C(Cl)C1. The van der Waals surface area contributed by atoms with Crippen LogP contribution in [0.1, 0.15) is 39.5 Å². The van der Waals surface area contributed by atoms with E-state index in [0.717, 1.165) is 6.42 Å². The second kappa shape index (κ2) is 6.78. The third kappa shape index (κ3) is 3.25. The predicted octanol–water partition coefficient (Wildman–Crippen LogP) is 2.80. The fourth-order valence-electron chi connectivity index (χ4n) is 2.08. The summed E-state index contributed by atoms with van der Waals surface area (Å²) in [5.41, 5.74) is -1.27. The van der Waals surface area contributed by atoms with Crippen molar-refractivity contribution in [3.05, 3.63) is 11.1 Å². The van der Waals surface area contributed by atoms with E-state index in [1.165, 1.54) is 0 Å². The quantitative estimate of drug-likeness (QED) is 0.584. The highest BCUT2D eigenvalue weighted by molar-refractivity contribution is 6.30. The molecule has 0 saturated heterocycles. The van der Waals surface area contributed by atoms with Crippen molar-refractivity contribution < 1.29 is 19.1 Å². The van der Waals surface area contributed by atoms with Crippen molar-refractivity contribution in [3.63, 3.8) is 0 Å². The fraction of sp³-hybridized carbons (Fsp3) is 0.692. The van der Waals surface area contributed by atoms with Crippen molar-refractivity contribution >= 4 is 23.5 Å². The molecular formula is C13H19ClO4. The summed E-state index contributed by atoms with van der Waals surface area (Å²) in [5.74, 6) is -1.06. The van der Waals surface area contributed by atoms with Crippen LogP contribution in [-0.2, 0) is 19.1 Å². The number of esters is 2. The van der Waals surface area contributed by atoms with Gasteiger partial charge in [-0.1, -0.05) is 17.7 Å². The Balaban J connectivity index is 3.03. The number of hydrogen-bond acceptors (Lipinski definition) is 4. The summed E-state index contributed by atoms with van der Waals surface area (Å²) >= 11 is 6.04. The van der Waals surface area contributed by atoms with Gasteiger partial charge in [0, 0.05) is 11.5 Å². The van der Waals surface area contributed by atoms with Crippen molar-refractivity contribution in [1.82, 2.24) is 0 Å². The van der Waals surface area contributed by atoms with Crippen LogP contribution in [0.5, 0.6) is 0 Å². The van der Waals surface area contributed by atoms with E-state index in [4.69, 9.17) is 21.1 Å². The van der Waals surface area contributed by atoms with E-state index in [1.807, 2.05) is 6.08 Å². The zero-order valence-electron chi connectivity index (χ0n) is 10.8. The summed E-state index contributed by atoms with van der Waals surface area (Å²) in [7, 11) is 0. The predicted molar refractivity (Wildman–Crippen MR) is 68.1 cm³/mol. The van der Waals surface area contributed by atoms with Gasteiger partial charge >= 0.3 is 11.9 Å². The summed E-state index contributed by atoms with van der Waals surface area (Å²) in [6.45, 7) is 3.90. The molecule has 1 rings (SSSR count). The van der Waals surface area contributed by atoms with Gasteiger partial charge in [-0.2, -0.15) is 0 Å². The third-order valence-electron chi connectivity index (χ3n) is 2.98. The van der Waals surface area contributed by atoms with Gasteiger partial charge in [0.15, 0.2) is 5.41 Å². The lowest BCUT2D eigenvalue weighted by Gasteiger charge is -2.27. The first kappa shape index (κ1) is 15.0. The highest BCUT2D eigenvalue weighted by atomic mass is 35.5. The summed E-state index contributed by atoms with van der Waals surface area (Å²) in [6.07, 6.45) is 3.92. The second-order valence-electron chi connectivity index (χ2n) is 4.24. The molecule has 0 saturated carbocycles. The standard InChI is InChI=1S/C13H19ClO4/c1-3-17-11(15)13(12(16)18-4-2)8-6-5-7-10(14)9-13/h7H,3-6,8-9H2,1-2H3. The van der Waals surface area contributed by atoms with Gasteiger partial charge in [-0.15, -0.1) is 0 Å². The topological polar surface area (TPSA) is 52.6 Å². The largest absolute Gasteiger partial charge is 0.465 e. The molecule has 0 atom stereocenters. The lowest BCUT2D eigenvalue weighted by molar-refractivity contribution is -0.172. The molecule has 0 bridgehead atoms. The Morgan fingerprint density at radius 3 is 2.33 bits per heavy atom. The van der Waals surface area contributed by atoms with E-state index in [-0.39, 0.29) is 19.6 Å². The molecule has 0 aromatic rings. The molecule has 0 radical (unpaired) electrons. The molecule has 18 heavy (non-hydrogen) atoms. The molecule has 0 N–H and O–H groups in total. The first-order chi connectivity index (χ1) is 8.56. The number of ether oxygens (including phenoxy) is 2. The van der Waals surface area contributed by atoms with Crippen molar-refractivity contribution in [3.8, 4) is 0 Å². The molecule has 1 aliphatic carbocycles. The van der Waals surface area contributed by atoms with Crippen molar-refractivity contribution in [2.24, 2.45) is 5.41 Å². The number of allylic oxidation sites excluding steroid dienone is 2. The number of carbonyl (C=O) groups excluding carboxylic acids is 2. The molecule has 0 aromatic carbocycles. The summed E-state index contributed by atoms with van der Waals surface area (Å²) in [4.78, 5) is 24.3. The van der Waals surface area contributed by atoms with Gasteiger partial charge in [0.05, 0.1) is 13.2 Å². The molecule has 0 spiro atoms. The lowest BCUT2D eigenvalue weighted by atomic mass is 9.80. The molecule has 0 amide bonds. The van der Waals surface area contributed by atoms with Gasteiger partial charge in [-0.05, 0) is 33.1 Å². The molecule has 0 fully saturated rings. The molecule has 0 unspecified atom stereocenters. The first-order valence-electron chi connectivity index (χ1n) is 6.25. The molecule has 4 nitrogen and oxygen atoms in total. The van der Waals surface area contributed by atoms with E-state index >= 15 is 0 Å². The fourth-order valence-corrected chi connectivity index (χ4v) is 2.42. The average molecular weight is 275 g/mol. The molecule has 1 aliphatic rings. The van der Waals surface area contributed by atoms with Crippen LogP contribution in [-0.4, -0.2) is 25.2 Å². The number of halogens is 1. The third-order valence-corrected chi connectivity index (χ3v) is 3.26. The molecule has 102 valence electrons. The van der Waals surface area contributed by atoms with Gasteiger partial charge in [-0.3, -0.25) is 9.59 Å². The average Bonchev–Trinajstić information content (AvgIpc) is 2.52. The molecule has 5 heteroatoms. The highest BCUT2D eigenvalue weighted by Crippen LogP contribution is 2.39. The molecular weight excluding hydrogens is 256 g/mol. The Morgan fingerprint density at radius 1 is 1.28 bits per heavy atom. The Kier molecular flexibility index (Phi) is 5.66. The van der Waals surface area contributed by atoms with Crippen molar-refractivity contribution in [2.45, 2.75) is 39.5 Å². The van der Waals surface area contributed by atoms with Gasteiger partial charge in [0.25, 0.3) is 0 Å². The number of rotatable bonds is 4. The summed E-state index contributed by atoms with van der Waals surface area (Å²) in [6, 6.07) is 0. The zero-order chi connectivity index (χ0) is 13.6. The smallest absolute Gasteiger partial charge is 0.323 e. The molecule has 0 heterocycles. The van der Waals surface area contributed by atoms with Crippen LogP contribution in [0.4, 0.5) is 0 Å². The first-order valence-corrected chi connectivity index (χ1v) is 6.63. The van der Waals surface area contributed by atoms with Crippen LogP contribution in [0, 0.1) is 5.41 Å². The van der Waals surface area contributed by atoms with Crippen LogP contribution in [0.15, 0.2) is 11.1 Å². The monoisotopic (exact) mass is 274 g/mol. The van der Waals surface area contributed by atoms with Crippen LogP contribution in [0.3, 0.4) is 0 Å². The minimum Gasteiger partial charge on any atom is -0.465 e. The van der Waals surface area contributed by atoms with Crippen LogP contribution in [0.25, 0.3) is 0 Å². The van der Waals surface area contributed by atoms with E-state index in [2.05, 4.69) is 0 Å². The lowest BCUT2D eigenvalue weighted by Crippen LogP contribution is -2.42. The van der Waals surface area contributed by atoms with E-state index in [9.17, 15) is 9.59 Å². The molecule has 0 aromatic heterocycles. The van der Waals surface area contributed by atoms with Gasteiger partial charge < -0.3 is 9.47 Å². The van der Waals surface area contributed by atoms with E-state index in [1.54, 1.807) is 13.8 Å². The van der Waals surface area contributed by atoms with Gasteiger partial charge in [0.2, 0.25) is 0 Å². The van der Waals surface area contributed by atoms with Crippen LogP contribution < -0.4 is 0 Å². The van der Waals surface area contributed by atoms with E-state index in [0.29, 0.717) is 17.9 Å². The zero-order valence-corrected chi connectivity index (χ0v) is 11.6. The maximum atomic E-state index is 12.1. The Hall–Kier alpha value is -1.03. The maximum absolute atomic E-state index is 12.1. The Morgan fingerprint density at radius 2 is 1.83 bits per heavy atom. The normalized spacial score (nSPS) is 18.5. The minimum atomic E-state index is -1.27. The highest BCUT2D eigenvalue weighted by Gasteiger charge is 2.49.